The van der Waals surface area contributed by atoms with Gasteiger partial charge in [0.05, 0.1) is 0 Å². The number of benzene rings is 1. The van der Waals surface area contributed by atoms with Gasteiger partial charge in [-0.05, 0) is 49.6 Å². The second-order valence-electron chi connectivity index (χ2n) is 5.59. The third kappa shape index (κ3) is 4.96. The fourth-order valence-electron chi connectivity index (χ4n) is 3.50. The van der Waals surface area contributed by atoms with Crippen molar-refractivity contribution < 1.29 is 11.0 Å². The molecule has 1 aromatic carbocycles. The van der Waals surface area contributed by atoms with E-state index in [1.807, 2.05) is 0 Å². The molecule has 4 nitrogen and oxygen atoms in total. The van der Waals surface area contributed by atoms with Crippen LogP contribution in [0.1, 0.15) is 29.9 Å². The van der Waals surface area contributed by atoms with E-state index in [4.69, 9.17) is 11.6 Å². The van der Waals surface area contributed by atoms with Crippen molar-refractivity contribution in [1.82, 2.24) is 10.2 Å². The number of halogens is 3. The van der Waals surface area contributed by atoms with Crippen LogP contribution in [0.25, 0.3) is 0 Å². The lowest BCUT2D eigenvalue weighted by molar-refractivity contribution is 0.164. The van der Waals surface area contributed by atoms with Crippen LogP contribution in [0.15, 0.2) is 18.2 Å². The van der Waals surface area contributed by atoms with Crippen molar-refractivity contribution >= 4 is 36.4 Å². The van der Waals surface area contributed by atoms with Gasteiger partial charge in [0.25, 0.3) is 0 Å². The molecule has 5 N–H and O–H groups in total. The summed E-state index contributed by atoms with van der Waals surface area (Å²) >= 11 is 6.12. The average molecular weight is 374 g/mol. The maximum Gasteiger partial charge on any atom is 0.0408 e. The smallest absolute Gasteiger partial charge is 0.0408 e. The Labute approximate surface area is 150 Å². The highest BCUT2D eigenvalue weighted by molar-refractivity contribution is 6.30. The first-order valence-corrected chi connectivity index (χ1v) is 7.33. The van der Waals surface area contributed by atoms with Crippen LogP contribution >= 0.6 is 36.4 Å². The number of nitrogens with zero attached hydrogens (tertiary/aromatic N) is 1. The predicted octanol–water partition coefficient (Wildman–Crippen LogP) is 1.86. The highest BCUT2D eigenvalue weighted by Gasteiger charge is 2.31. The zero-order valence-corrected chi connectivity index (χ0v) is 15.2. The minimum Gasteiger partial charge on any atom is -0.412 e. The van der Waals surface area contributed by atoms with Crippen LogP contribution in [0.2, 0.25) is 5.02 Å². The first-order valence-electron chi connectivity index (χ1n) is 6.95. The van der Waals surface area contributed by atoms with E-state index >= 15 is 0 Å². The Bertz CT molecular complexity index is 449. The number of hydrogen-bond acceptors (Lipinski definition) is 2. The summed E-state index contributed by atoms with van der Waals surface area (Å²) in [7, 11) is 2.26. The molecule has 3 rings (SSSR count). The van der Waals surface area contributed by atoms with E-state index in [1.54, 1.807) is 0 Å². The average Bonchev–Trinajstić information content (AvgIpc) is 2.38. The third-order valence-electron chi connectivity index (χ3n) is 4.49. The van der Waals surface area contributed by atoms with Crippen molar-refractivity contribution in [3.05, 3.63) is 34.3 Å². The lowest BCUT2D eigenvalue weighted by Crippen LogP contribution is -2.52. The quantitative estimate of drug-likeness (QED) is 0.815. The summed E-state index contributed by atoms with van der Waals surface area (Å²) in [6.07, 6.45) is 3.80. The predicted molar refractivity (Wildman–Crippen MR) is 98.1 cm³/mol. The number of fused-ring (bicyclic) bond motifs is 1. The van der Waals surface area contributed by atoms with Crippen molar-refractivity contribution in [1.29, 1.82) is 0 Å². The molecule has 2 unspecified atom stereocenters. The molecule has 0 radical (unpaired) electrons. The van der Waals surface area contributed by atoms with E-state index in [1.165, 1.54) is 30.4 Å². The topological polar surface area (TPSA) is 78.3 Å². The normalized spacial score (nSPS) is 23.7. The maximum atomic E-state index is 6.12. The Morgan fingerprint density at radius 1 is 1.23 bits per heavy atom. The molecule has 0 aromatic heterocycles. The molecule has 7 heteroatoms. The molecule has 2 atom stereocenters. The number of nitrogens with one attached hydrogen (secondary N) is 1. The summed E-state index contributed by atoms with van der Waals surface area (Å²) in [5, 5.41) is 4.42. The van der Waals surface area contributed by atoms with E-state index in [2.05, 4.69) is 35.5 Å². The summed E-state index contributed by atoms with van der Waals surface area (Å²) in [6, 6.07) is 7.11. The zero-order chi connectivity index (χ0) is 12.5. The van der Waals surface area contributed by atoms with Crippen molar-refractivity contribution in [2.24, 2.45) is 0 Å². The molecule has 1 aliphatic carbocycles. The molecule has 0 saturated carbocycles. The molecule has 1 heterocycles. The van der Waals surface area contributed by atoms with E-state index < -0.39 is 0 Å². The van der Waals surface area contributed by atoms with Crippen LogP contribution in [-0.2, 0) is 6.42 Å². The second-order valence-corrected chi connectivity index (χ2v) is 6.03. The Hall–Kier alpha value is -0.0700. The highest BCUT2D eigenvalue weighted by Crippen LogP contribution is 2.37. The van der Waals surface area contributed by atoms with Crippen molar-refractivity contribution in [3.8, 4) is 0 Å². The van der Waals surface area contributed by atoms with E-state index in [0.717, 1.165) is 24.7 Å². The number of hydrogen-bond donors (Lipinski definition) is 1. The Balaban J connectivity index is 0. The summed E-state index contributed by atoms with van der Waals surface area (Å²) in [4.78, 5) is 2.52. The Morgan fingerprint density at radius 3 is 2.64 bits per heavy atom. The van der Waals surface area contributed by atoms with Gasteiger partial charge in [-0.3, -0.25) is 0 Å². The molecule has 1 saturated heterocycles. The number of piperazine rings is 1. The summed E-state index contributed by atoms with van der Waals surface area (Å²) in [5.74, 6) is 0.670. The van der Waals surface area contributed by atoms with Gasteiger partial charge in [-0.15, -0.1) is 24.8 Å². The molecule has 0 spiro atoms. The van der Waals surface area contributed by atoms with Gasteiger partial charge in [-0.2, -0.15) is 0 Å². The molecule has 0 bridgehead atoms. The molecule has 1 aromatic rings. The standard InChI is InChI=1S/C15H21ClN2.2ClH.2H2O/c1-18-8-7-17-10-15(18)14-4-2-3-11-9-12(16)5-6-13(11)14;;;;/h5-6,9,14-15,17H,2-4,7-8,10H2,1H3;2*1H;2*1H2. The van der Waals surface area contributed by atoms with Crippen LogP contribution in [0.3, 0.4) is 0 Å². The van der Waals surface area contributed by atoms with Crippen LogP contribution in [-0.4, -0.2) is 48.6 Å². The second kappa shape index (κ2) is 10.7. The van der Waals surface area contributed by atoms with E-state index in [-0.39, 0.29) is 35.8 Å². The molecule has 2 aliphatic rings. The molecular formula is C15H27Cl3N2O2. The van der Waals surface area contributed by atoms with Crippen LogP contribution in [0.5, 0.6) is 0 Å². The Kier molecular flexibility index (Phi) is 11.7. The molecular weight excluding hydrogens is 347 g/mol. The van der Waals surface area contributed by atoms with Gasteiger partial charge >= 0.3 is 0 Å². The third-order valence-corrected chi connectivity index (χ3v) is 4.73. The monoisotopic (exact) mass is 372 g/mol. The van der Waals surface area contributed by atoms with E-state index in [0.29, 0.717) is 12.0 Å². The maximum absolute atomic E-state index is 6.12. The van der Waals surface area contributed by atoms with Gasteiger partial charge in [0, 0.05) is 36.6 Å². The summed E-state index contributed by atoms with van der Waals surface area (Å²) in [6.45, 7) is 3.39. The molecule has 130 valence electrons. The number of likely N-dealkylation sites (N-methyl/N-ethyl adjacent to an activating group) is 1. The lowest BCUT2D eigenvalue weighted by Gasteiger charge is -2.41. The minimum absolute atomic E-state index is 0. The lowest BCUT2D eigenvalue weighted by atomic mass is 9.78. The molecule has 0 amide bonds. The summed E-state index contributed by atoms with van der Waals surface area (Å²) in [5.41, 5.74) is 3.00. The van der Waals surface area contributed by atoms with Gasteiger partial charge in [-0.1, -0.05) is 17.7 Å². The fourth-order valence-corrected chi connectivity index (χ4v) is 3.69. The summed E-state index contributed by atoms with van der Waals surface area (Å²) < 4.78 is 0. The highest BCUT2D eigenvalue weighted by atomic mass is 35.5. The van der Waals surface area contributed by atoms with Crippen LogP contribution < -0.4 is 5.32 Å². The molecule has 1 aliphatic heterocycles. The fraction of sp³-hybridized carbons (Fsp3) is 0.600. The SMILES string of the molecule is CN1CCNCC1C1CCCc2cc(Cl)ccc21.Cl.Cl.O.O. The number of aryl methyl sites for hydroxylation is 1. The van der Waals surface area contributed by atoms with Crippen molar-refractivity contribution in [2.75, 3.05) is 26.7 Å². The van der Waals surface area contributed by atoms with Gasteiger partial charge in [0.2, 0.25) is 0 Å². The zero-order valence-electron chi connectivity index (χ0n) is 12.8. The Morgan fingerprint density at radius 2 is 1.95 bits per heavy atom. The number of rotatable bonds is 1. The first-order chi connectivity index (χ1) is 8.75. The van der Waals surface area contributed by atoms with Crippen LogP contribution in [0, 0.1) is 0 Å². The minimum atomic E-state index is 0. The first kappa shape index (κ1) is 24.2. The van der Waals surface area contributed by atoms with E-state index in [9.17, 15) is 0 Å². The van der Waals surface area contributed by atoms with Crippen molar-refractivity contribution in [2.45, 2.75) is 31.2 Å². The van der Waals surface area contributed by atoms with Gasteiger partial charge in [0.1, 0.15) is 0 Å². The van der Waals surface area contributed by atoms with Crippen LogP contribution in [0.4, 0.5) is 0 Å². The van der Waals surface area contributed by atoms with Gasteiger partial charge < -0.3 is 21.2 Å². The molecule has 22 heavy (non-hydrogen) atoms. The van der Waals surface area contributed by atoms with Crippen molar-refractivity contribution in [3.63, 3.8) is 0 Å². The van der Waals surface area contributed by atoms with Gasteiger partial charge in [0.15, 0.2) is 0 Å². The van der Waals surface area contributed by atoms with Gasteiger partial charge in [-0.25, -0.2) is 0 Å². The largest absolute Gasteiger partial charge is 0.412 e. The molecule has 1 fully saturated rings.